The summed E-state index contributed by atoms with van der Waals surface area (Å²) >= 11 is 1.75. The van der Waals surface area contributed by atoms with Crippen LogP contribution in [0.25, 0.3) is 0 Å². The number of hydrogen-bond acceptors (Lipinski definition) is 5. The van der Waals surface area contributed by atoms with E-state index in [0.717, 1.165) is 35.1 Å². The van der Waals surface area contributed by atoms with E-state index in [1.54, 1.807) is 23.9 Å². The first kappa shape index (κ1) is 17.1. The van der Waals surface area contributed by atoms with Gasteiger partial charge in [0.2, 0.25) is 0 Å². The van der Waals surface area contributed by atoms with Crippen LogP contribution < -0.4 is 4.90 Å². The summed E-state index contributed by atoms with van der Waals surface area (Å²) in [5, 5.41) is 23.6. The van der Waals surface area contributed by atoms with Crippen molar-refractivity contribution in [2.24, 2.45) is 0 Å². The van der Waals surface area contributed by atoms with Crippen molar-refractivity contribution in [2.75, 3.05) is 23.7 Å². The fourth-order valence-corrected chi connectivity index (χ4v) is 4.82. The molecule has 0 saturated heterocycles. The number of nitro groups is 1. The van der Waals surface area contributed by atoms with Crippen LogP contribution in [-0.4, -0.2) is 38.6 Å². The Morgan fingerprint density at radius 1 is 1.23 bits per heavy atom. The third kappa shape index (κ3) is 2.68. The zero-order valence-electron chi connectivity index (χ0n) is 14.5. The molecule has 2 heterocycles. The number of non-ortho nitro benzene ring substituents is 1. The number of amidine groups is 1. The second kappa shape index (κ2) is 6.41. The maximum absolute atomic E-state index is 11.6. The number of aliphatic hydroxyl groups is 1. The molecule has 1 unspecified atom stereocenters. The SMILES string of the molecule is Cc1ccccc1N1CC(O)(c2ccc([N+](=O)[O-])cc2)[N+]2=C1SCCC2. The summed E-state index contributed by atoms with van der Waals surface area (Å²) in [6, 6.07) is 14.4. The van der Waals surface area contributed by atoms with Gasteiger partial charge in [-0.2, -0.15) is 0 Å². The number of aryl methyl sites for hydroxylation is 1. The third-order valence-corrected chi connectivity index (χ3v) is 6.18. The zero-order valence-corrected chi connectivity index (χ0v) is 15.3. The number of nitrogens with zero attached hydrogens (tertiary/aromatic N) is 3. The van der Waals surface area contributed by atoms with Gasteiger partial charge in [-0.05, 0) is 48.9 Å². The molecule has 2 aromatic rings. The van der Waals surface area contributed by atoms with E-state index in [2.05, 4.69) is 24.0 Å². The highest BCUT2D eigenvalue weighted by Crippen LogP contribution is 2.38. The van der Waals surface area contributed by atoms with Crippen LogP contribution in [0.3, 0.4) is 0 Å². The van der Waals surface area contributed by atoms with Gasteiger partial charge in [-0.1, -0.05) is 18.2 Å². The molecule has 0 spiro atoms. The first-order valence-electron chi connectivity index (χ1n) is 8.58. The van der Waals surface area contributed by atoms with Crippen molar-refractivity contribution in [1.82, 2.24) is 0 Å². The van der Waals surface area contributed by atoms with E-state index in [-0.39, 0.29) is 5.69 Å². The standard InChI is InChI=1S/C19H20N3O3S/c1-14-5-2-3-6-17(14)20-13-19(23,21-11-4-12-26-18(20)21)15-7-9-16(10-8-15)22(24)25/h2-3,5-10,23H,4,11-13H2,1H3/q+1. The predicted octanol–water partition coefficient (Wildman–Crippen LogP) is 3.07. The normalized spacial score (nSPS) is 22.5. The zero-order chi connectivity index (χ0) is 18.3. The Morgan fingerprint density at radius 3 is 2.65 bits per heavy atom. The highest BCUT2D eigenvalue weighted by atomic mass is 32.2. The van der Waals surface area contributed by atoms with Gasteiger partial charge in [-0.3, -0.25) is 10.1 Å². The third-order valence-electron chi connectivity index (χ3n) is 4.99. The highest BCUT2D eigenvalue weighted by Gasteiger charge is 2.53. The second-order valence-electron chi connectivity index (χ2n) is 6.63. The molecule has 6 nitrogen and oxygen atoms in total. The molecule has 4 rings (SSSR count). The summed E-state index contributed by atoms with van der Waals surface area (Å²) in [6.07, 6.45) is 0.991. The molecule has 0 saturated carbocycles. The molecule has 2 aliphatic rings. The van der Waals surface area contributed by atoms with E-state index in [9.17, 15) is 15.2 Å². The number of hydrogen-bond donors (Lipinski definition) is 1. The number of para-hydroxylation sites is 1. The van der Waals surface area contributed by atoms with Gasteiger partial charge in [-0.25, -0.2) is 9.48 Å². The summed E-state index contributed by atoms with van der Waals surface area (Å²) in [5.74, 6) is 1.02. The quantitative estimate of drug-likeness (QED) is 0.511. The summed E-state index contributed by atoms with van der Waals surface area (Å²) in [6.45, 7) is 3.23. The summed E-state index contributed by atoms with van der Waals surface area (Å²) in [7, 11) is 0. The molecule has 0 bridgehead atoms. The van der Waals surface area contributed by atoms with Crippen LogP contribution in [0.1, 0.15) is 17.5 Å². The molecule has 26 heavy (non-hydrogen) atoms. The Bertz CT molecular complexity index is 897. The Balaban J connectivity index is 1.78. The minimum atomic E-state index is -1.19. The molecule has 1 N–H and O–H groups in total. The molecule has 0 radical (unpaired) electrons. The van der Waals surface area contributed by atoms with E-state index in [4.69, 9.17) is 0 Å². The minimum absolute atomic E-state index is 0.0309. The van der Waals surface area contributed by atoms with Crippen molar-refractivity contribution in [3.8, 4) is 0 Å². The highest BCUT2D eigenvalue weighted by molar-refractivity contribution is 8.13. The number of nitro benzene ring substituents is 1. The average Bonchev–Trinajstić information content (AvgIpc) is 2.97. The molecule has 7 heteroatoms. The lowest BCUT2D eigenvalue weighted by Crippen LogP contribution is -2.41. The van der Waals surface area contributed by atoms with Crippen molar-refractivity contribution in [3.63, 3.8) is 0 Å². The number of β-amino-alcohol motifs (C(OH)–C–C–N with tert-alkyl or cyclic N) is 1. The molecule has 0 aliphatic carbocycles. The molecule has 1 atom stereocenters. The van der Waals surface area contributed by atoms with E-state index in [0.29, 0.717) is 12.1 Å². The van der Waals surface area contributed by atoms with Crippen LogP contribution in [0, 0.1) is 17.0 Å². The maximum atomic E-state index is 11.6. The van der Waals surface area contributed by atoms with Gasteiger partial charge < -0.3 is 5.11 Å². The van der Waals surface area contributed by atoms with Crippen LogP contribution >= 0.6 is 11.8 Å². The Hall–Kier alpha value is -2.38. The topological polar surface area (TPSA) is 69.6 Å². The van der Waals surface area contributed by atoms with Crippen molar-refractivity contribution < 1.29 is 14.6 Å². The number of anilines is 1. The monoisotopic (exact) mass is 370 g/mol. The molecule has 134 valence electrons. The predicted molar refractivity (Wildman–Crippen MR) is 103 cm³/mol. The van der Waals surface area contributed by atoms with Crippen LogP contribution in [0.5, 0.6) is 0 Å². The molecule has 0 fully saturated rings. The molecular formula is C19H20N3O3S+. The van der Waals surface area contributed by atoms with Crippen molar-refractivity contribution in [1.29, 1.82) is 0 Å². The molecule has 0 aromatic heterocycles. The number of thioether (sulfide) groups is 1. The van der Waals surface area contributed by atoms with E-state index < -0.39 is 10.6 Å². The molecule has 0 amide bonds. The molecule has 2 aliphatic heterocycles. The van der Waals surface area contributed by atoms with Gasteiger partial charge in [0.1, 0.15) is 5.69 Å². The van der Waals surface area contributed by atoms with E-state index >= 15 is 0 Å². The molecule has 2 aromatic carbocycles. The van der Waals surface area contributed by atoms with Gasteiger partial charge in [-0.15, -0.1) is 0 Å². The first-order chi connectivity index (χ1) is 12.5. The largest absolute Gasteiger partial charge is 0.346 e. The Labute approximate surface area is 155 Å². The lowest BCUT2D eigenvalue weighted by molar-refractivity contribution is -0.656. The van der Waals surface area contributed by atoms with Gasteiger partial charge in [0.05, 0.1) is 11.5 Å². The minimum Gasteiger partial charge on any atom is -0.346 e. The summed E-state index contributed by atoms with van der Waals surface area (Å²) < 4.78 is 2.04. The maximum Gasteiger partial charge on any atom is 0.316 e. The van der Waals surface area contributed by atoms with Crippen LogP contribution in [0.15, 0.2) is 48.5 Å². The summed E-state index contributed by atoms with van der Waals surface area (Å²) in [4.78, 5) is 12.7. The summed E-state index contributed by atoms with van der Waals surface area (Å²) in [5.41, 5.74) is 1.75. The van der Waals surface area contributed by atoms with Crippen LogP contribution in [0.4, 0.5) is 11.4 Å². The van der Waals surface area contributed by atoms with E-state index in [1.165, 1.54) is 12.1 Å². The van der Waals surface area contributed by atoms with Gasteiger partial charge in [0, 0.05) is 23.4 Å². The first-order valence-corrected chi connectivity index (χ1v) is 9.57. The van der Waals surface area contributed by atoms with Crippen molar-refractivity contribution >= 4 is 28.3 Å². The van der Waals surface area contributed by atoms with Gasteiger partial charge in [0.15, 0.2) is 6.54 Å². The fourth-order valence-electron chi connectivity index (χ4n) is 3.65. The van der Waals surface area contributed by atoms with Crippen LogP contribution in [0.2, 0.25) is 0 Å². The Morgan fingerprint density at radius 2 is 1.96 bits per heavy atom. The average molecular weight is 370 g/mol. The number of benzene rings is 2. The van der Waals surface area contributed by atoms with Gasteiger partial charge in [0.25, 0.3) is 11.4 Å². The van der Waals surface area contributed by atoms with Crippen molar-refractivity contribution in [3.05, 3.63) is 69.8 Å². The van der Waals surface area contributed by atoms with Crippen LogP contribution in [-0.2, 0) is 5.72 Å². The smallest absolute Gasteiger partial charge is 0.316 e. The van der Waals surface area contributed by atoms with E-state index in [1.807, 2.05) is 16.7 Å². The second-order valence-corrected chi connectivity index (χ2v) is 7.69. The van der Waals surface area contributed by atoms with Crippen molar-refractivity contribution in [2.45, 2.75) is 19.1 Å². The molecular weight excluding hydrogens is 350 g/mol. The lowest BCUT2D eigenvalue weighted by Gasteiger charge is -2.24. The Kier molecular flexibility index (Phi) is 4.20. The van der Waals surface area contributed by atoms with Gasteiger partial charge >= 0.3 is 5.17 Å². The lowest BCUT2D eigenvalue weighted by atomic mass is 10.0. The fraction of sp³-hybridized carbons (Fsp3) is 0.316. The number of rotatable bonds is 3.